The quantitative estimate of drug-likeness (QED) is 0.756. The molecule has 1 aromatic heterocycles. The van der Waals surface area contributed by atoms with Crippen molar-refractivity contribution in [1.29, 1.82) is 0 Å². The summed E-state index contributed by atoms with van der Waals surface area (Å²) in [6.45, 7) is 8.86. The van der Waals surface area contributed by atoms with Crippen LogP contribution in [-0.4, -0.2) is 68.0 Å². The van der Waals surface area contributed by atoms with E-state index in [0.29, 0.717) is 29.1 Å². The third kappa shape index (κ3) is 3.78. The minimum absolute atomic E-state index is 0.355. The van der Waals surface area contributed by atoms with Gasteiger partial charge in [-0.15, -0.1) is 0 Å². The van der Waals surface area contributed by atoms with E-state index in [1.54, 1.807) is 6.21 Å². The number of rotatable bonds is 5. The van der Waals surface area contributed by atoms with E-state index >= 15 is 0 Å². The Kier molecular flexibility index (Phi) is 5.64. The number of nitrogens with two attached hydrogens (primary N) is 1. The lowest BCUT2D eigenvalue weighted by Crippen LogP contribution is -2.54. The average molecular weight is 387 g/mol. The first-order valence-electron chi connectivity index (χ1n) is 10.4. The molecule has 4 rings (SSSR count). The maximum Gasteiger partial charge on any atom is 0.142 e. The fourth-order valence-corrected chi connectivity index (χ4v) is 4.88. The van der Waals surface area contributed by atoms with Crippen molar-refractivity contribution in [3.05, 3.63) is 29.8 Å². The maximum atomic E-state index is 13.9. The normalized spacial score (nSPS) is 25.6. The molecule has 1 unspecified atom stereocenters. The molecule has 1 atom stereocenters. The Bertz CT molecular complexity index is 749. The second-order valence-corrected chi connectivity index (χ2v) is 8.30. The topological polar surface area (TPSA) is 69.8 Å². The van der Waals surface area contributed by atoms with Crippen molar-refractivity contribution in [3.63, 3.8) is 0 Å². The fourth-order valence-electron chi connectivity index (χ4n) is 4.88. The summed E-state index contributed by atoms with van der Waals surface area (Å²) in [7, 11) is 0. The highest BCUT2D eigenvalue weighted by Crippen LogP contribution is 2.43. The minimum atomic E-state index is -0.355. The first kappa shape index (κ1) is 19.3. The first-order chi connectivity index (χ1) is 13.6. The summed E-state index contributed by atoms with van der Waals surface area (Å²) in [6.07, 6.45) is 8.49. The summed E-state index contributed by atoms with van der Waals surface area (Å²) in [4.78, 5) is 13.6. The third-order valence-corrected chi connectivity index (χ3v) is 6.54. The summed E-state index contributed by atoms with van der Waals surface area (Å²) in [5.74, 6) is 0.443. The number of hydrogen-bond acceptors (Lipinski definition) is 6. The number of allylic oxidation sites excluding steroid dienone is 1. The molecule has 1 spiro atoms. The Morgan fingerprint density at radius 1 is 1.39 bits per heavy atom. The van der Waals surface area contributed by atoms with E-state index in [1.807, 2.05) is 6.92 Å². The van der Waals surface area contributed by atoms with Gasteiger partial charge in [0.2, 0.25) is 0 Å². The van der Waals surface area contributed by atoms with E-state index in [-0.39, 0.29) is 5.82 Å². The molecule has 3 N–H and O–H groups in total. The van der Waals surface area contributed by atoms with E-state index in [9.17, 15) is 4.39 Å². The molecule has 2 aliphatic heterocycles. The van der Waals surface area contributed by atoms with Crippen LogP contribution in [0.1, 0.15) is 31.7 Å². The molecule has 6 nitrogen and oxygen atoms in total. The molecule has 152 valence electrons. The van der Waals surface area contributed by atoms with Gasteiger partial charge in [-0.3, -0.25) is 9.89 Å². The van der Waals surface area contributed by atoms with Gasteiger partial charge >= 0.3 is 0 Å². The average Bonchev–Trinajstić information content (AvgIpc) is 3.15. The molecule has 0 radical (unpaired) electrons. The van der Waals surface area contributed by atoms with Crippen LogP contribution in [0.25, 0.3) is 5.57 Å². The number of nitrogens with one attached hydrogen (secondary N) is 1. The second-order valence-electron chi connectivity index (χ2n) is 8.30. The van der Waals surface area contributed by atoms with Gasteiger partial charge < -0.3 is 16.0 Å². The van der Waals surface area contributed by atoms with Gasteiger partial charge in [-0.2, -0.15) is 0 Å². The summed E-state index contributed by atoms with van der Waals surface area (Å²) >= 11 is 0. The van der Waals surface area contributed by atoms with Gasteiger partial charge in [-0.05, 0) is 37.7 Å². The van der Waals surface area contributed by atoms with Gasteiger partial charge in [0.05, 0.1) is 6.20 Å². The summed E-state index contributed by atoms with van der Waals surface area (Å²) in [5, 5.41) is 3.45. The van der Waals surface area contributed by atoms with E-state index in [4.69, 9.17) is 5.73 Å². The van der Waals surface area contributed by atoms with Crippen molar-refractivity contribution < 1.29 is 4.39 Å². The molecule has 7 heteroatoms. The molecule has 0 amide bonds. The number of halogens is 1. The van der Waals surface area contributed by atoms with Crippen molar-refractivity contribution in [3.8, 4) is 0 Å². The highest BCUT2D eigenvalue weighted by molar-refractivity contribution is 6.11. The predicted molar refractivity (Wildman–Crippen MR) is 112 cm³/mol. The van der Waals surface area contributed by atoms with Crippen LogP contribution < -0.4 is 16.0 Å². The zero-order valence-corrected chi connectivity index (χ0v) is 16.7. The largest absolute Gasteiger partial charge is 0.404 e. The zero-order valence-electron chi connectivity index (χ0n) is 16.7. The molecule has 3 aliphatic rings. The Morgan fingerprint density at radius 2 is 2.18 bits per heavy atom. The second kappa shape index (κ2) is 8.17. The third-order valence-electron chi connectivity index (χ3n) is 6.54. The lowest BCUT2D eigenvalue weighted by atomic mass is 9.80. The van der Waals surface area contributed by atoms with Crippen molar-refractivity contribution in [1.82, 2.24) is 15.2 Å². The molecule has 0 aromatic carbocycles. The number of nitrogens with zero attached hydrogens (tertiary/aromatic N) is 4. The molecule has 1 aromatic rings. The molecule has 0 bridgehead atoms. The Balaban J connectivity index is 1.45. The molecular formula is C21H31FN6. The number of aromatic nitrogens is 1. The summed E-state index contributed by atoms with van der Waals surface area (Å²) < 4.78 is 13.9. The van der Waals surface area contributed by atoms with E-state index < -0.39 is 0 Å². The first-order valence-corrected chi connectivity index (χ1v) is 10.4. The minimum Gasteiger partial charge on any atom is -0.404 e. The number of pyridine rings is 1. The Morgan fingerprint density at radius 3 is 2.79 bits per heavy atom. The fraction of sp³-hybridized carbons (Fsp3) is 0.619. The van der Waals surface area contributed by atoms with Crippen LogP contribution in [0.3, 0.4) is 0 Å². The van der Waals surface area contributed by atoms with Crippen LogP contribution in [0.15, 0.2) is 23.5 Å². The van der Waals surface area contributed by atoms with Gasteiger partial charge in [0.1, 0.15) is 11.6 Å². The number of anilines is 1. The highest BCUT2D eigenvalue weighted by atomic mass is 19.1. The monoisotopic (exact) mass is 386 g/mol. The van der Waals surface area contributed by atoms with E-state index in [2.05, 4.69) is 25.1 Å². The van der Waals surface area contributed by atoms with E-state index in [0.717, 1.165) is 32.0 Å². The SMILES string of the molecule is CCN=CC(=CN)c1cc(F)cnc1N1CCN(C2CCC3(CNC3)C2)CC1. The predicted octanol–water partition coefficient (Wildman–Crippen LogP) is 1.88. The van der Waals surface area contributed by atoms with Crippen molar-refractivity contribution in [2.45, 2.75) is 32.2 Å². The van der Waals surface area contributed by atoms with Crippen LogP contribution in [0, 0.1) is 11.2 Å². The zero-order chi connectivity index (χ0) is 19.6. The lowest BCUT2D eigenvalue weighted by molar-refractivity contribution is 0.135. The molecule has 3 fully saturated rings. The van der Waals surface area contributed by atoms with Crippen molar-refractivity contribution in [2.75, 3.05) is 50.7 Å². The molecule has 1 aliphatic carbocycles. The standard InChI is InChI=1S/C21H31FN6/c1-2-24-12-16(11-23)19-9-17(22)13-26-20(19)28-7-5-27(6-8-28)18-3-4-21(10-18)14-25-15-21/h9,11-13,18,25H,2-8,10,14-15,23H2,1H3. The molecule has 1 saturated carbocycles. The molecular weight excluding hydrogens is 355 g/mol. The lowest BCUT2D eigenvalue weighted by Gasteiger charge is -2.42. The number of piperazine rings is 1. The van der Waals surface area contributed by atoms with Gasteiger partial charge in [0, 0.05) is 75.4 Å². The Labute approximate surface area is 166 Å². The van der Waals surface area contributed by atoms with Crippen LogP contribution in [0.5, 0.6) is 0 Å². The van der Waals surface area contributed by atoms with Gasteiger partial charge in [0.25, 0.3) is 0 Å². The van der Waals surface area contributed by atoms with Gasteiger partial charge in [-0.25, -0.2) is 9.37 Å². The highest BCUT2D eigenvalue weighted by Gasteiger charge is 2.45. The van der Waals surface area contributed by atoms with Crippen LogP contribution >= 0.6 is 0 Å². The number of hydrogen-bond donors (Lipinski definition) is 2. The van der Waals surface area contributed by atoms with Crippen LogP contribution in [0.2, 0.25) is 0 Å². The van der Waals surface area contributed by atoms with Gasteiger partial charge in [-0.1, -0.05) is 0 Å². The van der Waals surface area contributed by atoms with Crippen molar-refractivity contribution in [2.24, 2.45) is 16.1 Å². The molecule has 2 saturated heterocycles. The maximum absolute atomic E-state index is 13.9. The molecule has 28 heavy (non-hydrogen) atoms. The van der Waals surface area contributed by atoms with Crippen molar-refractivity contribution >= 4 is 17.6 Å². The number of aliphatic imine (C=N–C) groups is 1. The van der Waals surface area contributed by atoms with Crippen LogP contribution in [-0.2, 0) is 0 Å². The smallest absolute Gasteiger partial charge is 0.142 e. The summed E-state index contributed by atoms with van der Waals surface area (Å²) in [6, 6.07) is 2.22. The summed E-state index contributed by atoms with van der Waals surface area (Å²) in [5.41, 5.74) is 7.81. The van der Waals surface area contributed by atoms with E-state index in [1.165, 1.54) is 50.8 Å². The van der Waals surface area contributed by atoms with Crippen LogP contribution in [0.4, 0.5) is 10.2 Å². The molecule has 3 heterocycles. The Hall–Kier alpha value is -1.99. The van der Waals surface area contributed by atoms with Gasteiger partial charge in [0.15, 0.2) is 0 Å².